The molecule has 104 valence electrons. The summed E-state index contributed by atoms with van der Waals surface area (Å²) >= 11 is 0. The molecule has 2 saturated heterocycles. The van der Waals surface area contributed by atoms with E-state index in [0.29, 0.717) is 19.3 Å². The molecule has 3 atom stereocenters. The fraction of sp³-hybridized carbons (Fsp3) is 0.923. The number of ether oxygens (including phenoxy) is 2. The Morgan fingerprint density at radius 3 is 2.89 bits per heavy atom. The third kappa shape index (κ3) is 3.22. The molecule has 18 heavy (non-hydrogen) atoms. The number of carbonyl (C=O) groups is 1. The number of aliphatic carboxylic acids is 1. The van der Waals surface area contributed by atoms with Crippen molar-refractivity contribution in [3.63, 3.8) is 0 Å². The molecular weight excluding hydrogens is 234 g/mol. The summed E-state index contributed by atoms with van der Waals surface area (Å²) in [4.78, 5) is 13.4. The minimum atomic E-state index is -0.743. The number of nitrogens with zero attached hydrogens (tertiary/aromatic N) is 1. The molecule has 0 aromatic heterocycles. The van der Waals surface area contributed by atoms with E-state index < -0.39 is 5.97 Å². The zero-order valence-corrected chi connectivity index (χ0v) is 11.0. The zero-order chi connectivity index (χ0) is 13.0. The van der Waals surface area contributed by atoms with E-state index in [-0.39, 0.29) is 12.0 Å². The number of hydrogen-bond donors (Lipinski definition) is 1. The van der Waals surface area contributed by atoms with Crippen LogP contribution in [0.25, 0.3) is 0 Å². The summed E-state index contributed by atoms with van der Waals surface area (Å²) in [6.07, 6.45) is 3.66. The number of carboxylic acids is 1. The SMILES string of the molecule is CCN(CCC1CCCO1)C1COCC1C(=O)O. The molecule has 2 aliphatic heterocycles. The van der Waals surface area contributed by atoms with Gasteiger partial charge in [0, 0.05) is 19.2 Å². The maximum Gasteiger partial charge on any atom is 0.310 e. The van der Waals surface area contributed by atoms with E-state index >= 15 is 0 Å². The summed E-state index contributed by atoms with van der Waals surface area (Å²) in [5.74, 6) is -1.12. The molecule has 0 radical (unpaired) electrons. The Bertz CT molecular complexity index is 278. The van der Waals surface area contributed by atoms with Crippen molar-refractivity contribution in [2.75, 3.05) is 32.9 Å². The summed E-state index contributed by atoms with van der Waals surface area (Å²) < 4.78 is 10.9. The van der Waals surface area contributed by atoms with Gasteiger partial charge in [0.25, 0.3) is 0 Å². The Labute approximate surface area is 108 Å². The zero-order valence-electron chi connectivity index (χ0n) is 11.0. The quantitative estimate of drug-likeness (QED) is 0.768. The molecule has 0 spiro atoms. The van der Waals surface area contributed by atoms with Crippen molar-refractivity contribution < 1.29 is 19.4 Å². The van der Waals surface area contributed by atoms with Crippen LogP contribution in [0.15, 0.2) is 0 Å². The molecule has 0 aromatic carbocycles. The summed E-state index contributed by atoms with van der Waals surface area (Å²) in [6, 6.07) is 0.0221. The highest BCUT2D eigenvalue weighted by Gasteiger charge is 2.37. The van der Waals surface area contributed by atoms with E-state index in [0.717, 1.165) is 39.0 Å². The second-order valence-electron chi connectivity index (χ2n) is 5.10. The summed E-state index contributed by atoms with van der Waals surface area (Å²) in [7, 11) is 0. The molecule has 5 heteroatoms. The lowest BCUT2D eigenvalue weighted by Gasteiger charge is -2.29. The van der Waals surface area contributed by atoms with Crippen LogP contribution in [-0.2, 0) is 14.3 Å². The van der Waals surface area contributed by atoms with Crippen LogP contribution in [0.5, 0.6) is 0 Å². The maximum absolute atomic E-state index is 11.2. The maximum atomic E-state index is 11.2. The molecule has 1 N–H and O–H groups in total. The number of rotatable bonds is 6. The van der Waals surface area contributed by atoms with Gasteiger partial charge in [0.05, 0.1) is 25.2 Å². The molecule has 2 rings (SSSR count). The van der Waals surface area contributed by atoms with Gasteiger partial charge in [0.1, 0.15) is 0 Å². The molecular formula is C13H23NO4. The molecule has 3 unspecified atom stereocenters. The van der Waals surface area contributed by atoms with Crippen molar-refractivity contribution in [1.29, 1.82) is 0 Å². The Balaban J connectivity index is 1.84. The van der Waals surface area contributed by atoms with E-state index in [1.165, 1.54) is 0 Å². The van der Waals surface area contributed by atoms with Crippen molar-refractivity contribution in [1.82, 2.24) is 4.90 Å². The number of carboxylic acid groups (broad SMARTS) is 1. The van der Waals surface area contributed by atoms with E-state index in [1.54, 1.807) is 0 Å². The molecule has 2 fully saturated rings. The third-order valence-corrected chi connectivity index (χ3v) is 4.01. The number of likely N-dealkylation sites (N-methyl/N-ethyl adjacent to an activating group) is 1. The van der Waals surface area contributed by atoms with Crippen molar-refractivity contribution in [2.45, 2.75) is 38.3 Å². The van der Waals surface area contributed by atoms with Gasteiger partial charge in [0.2, 0.25) is 0 Å². The van der Waals surface area contributed by atoms with E-state index in [4.69, 9.17) is 9.47 Å². The van der Waals surface area contributed by atoms with Crippen LogP contribution in [-0.4, -0.2) is 61.0 Å². The minimum Gasteiger partial charge on any atom is -0.481 e. The summed E-state index contributed by atoms with van der Waals surface area (Å²) in [5, 5.41) is 9.18. The van der Waals surface area contributed by atoms with Crippen LogP contribution in [0.3, 0.4) is 0 Å². The van der Waals surface area contributed by atoms with Crippen LogP contribution in [0.4, 0.5) is 0 Å². The van der Waals surface area contributed by atoms with Gasteiger partial charge in [-0.25, -0.2) is 0 Å². The largest absolute Gasteiger partial charge is 0.481 e. The standard InChI is InChI=1S/C13H23NO4/c1-2-14(6-5-10-4-3-7-18-10)12-9-17-8-11(12)13(15)16/h10-12H,2-9H2,1H3,(H,15,16). The Hall–Kier alpha value is -0.650. The predicted octanol–water partition coefficient (Wildman–Crippen LogP) is 0.977. The average molecular weight is 257 g/mol. The van der Waals surface area contributed by atoms with Gasteiger partial charge < -0.3 is 14.6 Å². The van der Waals surface area contributed by atoms with Gasteiger partial charge in [-0.3, -0.25) is 9.69 Å². The lowest BCUT2D eigenvalue weighted by Crippen LogP contribution is -2.44. The van der Waals surface area contributed by atoms with Crippen molar-refractivity contribution in [2.24, 2.45) is 5.92 Å². The van der Waals surface area contributed by atoms with Gasteiger partial charge in [-0.05, 0) is 25.8 Å². The highest BCUT2D eigenvalue weighted by atomic mass is 16.5. The smallest absolute Gasteiger partial charge is 0.310 e. The van der Waals surface area contributed by atoms with Crippen LogP contribution < -0.4 is 0 Å². The van der Waals surface area contributed by atoms with Crippen molar-refractivity contribution >= 4 is 5.97 Å². The first kappa shape index (κ1) is 13.8. The Kier molecular flexibility index (Phi) is 4.97. The topological polar surface area (TPSA) is 59.0 Å². The lowest BCUT2D eigenvalue weighted by molar-refractivity contribution is -0.143. The highest BCUT2D eigenvalue weighted by Crippen LogP contribution is 2.22. The van der Waals surface area contributed by atoms with Crippen LogP contribution in [0, 0.1) is 5.92 Å². The monoisotopic (exact) mass is 257 g/mol. The Morgan fingerprint density at radius 2 is 2.28 bits per heavy atom. The lowest BCUT2D eigenvalue weighted by atomic mass is 10.0. The van der Waals surface area contributed by atoms with E-state index in [9.17, 15) is 9.90 Å². The molecule has 2 aliphatic rings. The normalized spacial score (nSPS) is 32.2. The molecule has 0 aliphatic carbocycles. The van der Waals surface area contributed by atoms with Crippen molar-refractivity contribution in [3.8, 4) is 0 Å². The van der Waals surface area contributed by atoms with Crippen LogP contribution in [0.2, 0.25) is 0 Å². The highest BCUT2D eigenvalue weighted by molar-refractivity contribution is 5.71. The fourth-order valence-corrected chi connectivity index (χ4v) is 2.88. The van der Waals surface area contributed by atoms with Gasteiger partial charge in [-0.2, -0.15) is 0 Å². The van der Waals surface area contributed by atoms with Crippen LogP contribution in [0.1, 0.15) is 26.2 Å². The second kappa shape index (κ2) is 6.50. The number of hydrogen-bond acceptors (Lipinski definition) is 4. The van der Waals surface area contributed by atoms with E-state index in [1.807, 2.05) is 0 Å². The molecule has 0 amide bonds. The van der Waals surface area contributed by atoms with Gasteiger partial charge >= 0.3 is 5.97 Å². The fourth-order valence-electron chi connectivity index (χ4n) is 2.88. The molecule has 5 nitrogen and oxygen atoms in total. The molecule has 2 heterocycles. The first-order chi connectivity index (χ1) is 8.72. The van der Waals surface area contributed by atoms with Gasteiger partial charge in [-0.15, -0.1) is 0 Å². The van der Waals surface area contributed by atoms with E-state index in [2.05, 4.69) is 11.8 Å². The summed E-state index contributed by atoms with van der Waals surface area (Å²) in [5.41, 5.74) is 0. The second-order valence-corrected chi connectivity index (χ2v) is 5.10. The minimum absolute atomic E-state index is 0.0221. The summed E-state index contributed by atoms with van der Waals surface area (Å²) in [6.45, 7) is 5.60. The molecule has 0 bridgehead atoms. The predicted molar refractivity (Wildman–Crippen MR) is 66.6 cm³/mol. The first-order valence-corrected chi connectivity index (χ1v) is 6.88. The van der Waals surface area contributed by atoms with Crippen LogP contribution >= 0.6 is 0 Å². The molecule has 0 aromatic rings. The molecule has 0 saturated carbocycles. The third-order valence-electron chi connectivity index (χ3n) is 4.01. The van der Waals surface area contributed by atoms with Gasteiger partial charge in [-0.1, -0.05) is 6.92 Å². The van der Waals surface area contributed by atoms with Crippen molar-refractivity contribution in [3.05, 3.63) is 0 Å². The Morgan fingerprint density at radius 1 is 1.44 bits per heavy atom. The average Bonchev–Trinajstić information content (AvgIpc) is 2.99. The van der Waals surface area contributed by atoms with Gasteiger partial charge in [0.15, 0.2) is 0 Å². The first-order valence-electron chi connectivity index (χ1n) is 6.88.